The number of hydrogen-bond donors (Lipinski definition) is 2. The molecule has 0 bridgehead atoms. The van der Waals surface area contributed by atoms with Crippen molar-refractivity contribution in [3.05, 3.63) is 33.3 Å². The summed E-state index contributed by atoms with van der Waals surface area (Å²) in [5.74, 6) is 0. The molecule has 22 heavy (non-hydrogen) atoms. The van der Waals surface area contributed by atoms with Crippen LogP contribution in [0.15, 0.2) is 23.1 Å². The van der Waals surface area contributed by atoms with Crippen molar-refractivity contribution in [1.82, 2.24) is 4.72 Å². The van der Waals surface area contributed by atoms with Crippen LogP contribution in [0.3, 0.4) is 0 Å². The number of nitrogens with zero attached hydrogens (tertiary/aromatic N) is 1. The highest BCUT2D eigenvalue weighted by atomic mass is 35.5. The van der Waals surface area contributed by atoms with Crippen molar-refractivity contribution in [2.75, 3.05) is 6.54 Å². The summed E-state index contributed by atoms with van der Waals surface area (Å²) in [6.07, 6.45) is 2.25. The number of nitro benzene ring substituents is 1. The van der Waals surface area contributed by atoms with Gasteiger partial charge in [0.1, 0.15) is 0 Å². The van der Waals surface area contributed by atoms with Gasteiger partial charge in [0.05, 0.1) is 9.95 Å². The molecule has 0 fully saturated rings. The van der Waals surface area contributed by atoms with E-state index in [9.17, 15) is 18.5 Å². The third-order valence-corrected chi connectivity index (χ3v) is 4.96. The molecule has 1 aromatic carbocycles. The van der Waals surface area contributed by atoms with Gasteiger partial charge in [-0.15, -0.1) is 12.4 Å². The van der Waals surface area contributed by atoms with Gasteiger partial charge in [-0.2, -0.15) is 0 Å². The highest BCUT2D eigenvalue weighted by Crippen LogP contribution is 2.30. The molecule has 1 aromatic rings. The van der Waals surface area contributed by atoms with Gasteiger partial charge in [0, 0.05) is 18.7 Å². The van der Waals surface area contributed by atoms with Crippen molar-refractivity contribution in [2.45, 2.75) is 37.1 Å². The van der Waals surface area contributed by atoms with Crippen molar-refractivity contribution in [1.29, 1.82) is 0 Å². The van der Waals surface area contributed by atoms with Crippen LogP contribution >= 0.6 is 24.0 Å². The molecule has 0 aliphatic carbocycles. The second-order valence-corrected chi connectivity index (χ2v) is 6.60. The summed E-state index contributed by atoms with van der Waals surface area (Å²) in [7, 11) is -4.11. The highest BCUT2D eigenvalue weighted by Gasteiger charge is 2.30. The molecule has 0 heterocycles. The standard InChI is InChI=1S/C12H18ClN3O4S.ClH/c1-2-3-5-9(8-14)15-21(19,20)12-10(13)6-4-7-11(12)16(17)18;/h4,6-7,9,15H,2-3,5,8,14H2,1H3;1H. The van der Waals surface area contributed by atoms with Crippen molar-refractivity contribution >= 4 is 39.7 Å². The van der Waals surface area contributed by atoms with E-state index in [1.165, 1.54) is 12.1 Å². The van der Waals surface area contributed by atoms with E-state index in [1.807, 2.05) is 6.92 Å². The number of sulfonamides is 1. The quantitative estimate of drug-likeness (QED) is 0.537. The third-order valence-electron chi connectivity index (χ3n) is 2.92. The lowest BCUT2D eigenvalue weighted by molar-refractivity contribution is -0.387. The average Bonchev–Trinajstić information content (AvgIpc) is 2.42. The molecule has 1 atom stereocenters. The number of benzene rings is 1. The lowest BCUT2D eigenvalue weighted by atomic mass is 10.1. The zero-order chi connectivity index (χ0) is 16.0. The zero-order valence-corrected chi connectivity index (χ0v) is 14.4. The minimum absolute atomic E-state index is 0. The van der Waals surface area contributed by atoms with Gasteiger partial charge in [-0.1, -0.05) is 37.4 Å². The Balaban J connectivity index is 0.00000441. The Bertz CT molecular complexity index is 610. The van der Waals surface area contributed by atoms with Crippen LogP contribution < -0.4 is 10.5 Å². The number of nitro groups is 1. The summed E-state index contributed by atoms with van der Waals surface area (Å²) in [5, 5.41) is 10.8. The van der Waals surface area contributed by atoms with E-state index >= 15 is 0 Å². The van der Waals surface area contributed by atoms with E-state index in [1.54, 1.807) is 0 Å². The van der Waals surface area contributed by atoms with Gasteiger partial charge in [-0.05, 0) is 12.5 Å². The van der Waals surface area contributed by atoms with Crippen LogP contribution in [0.4, 0.5) is 5.69 Å². The summed E-state index contributed by atoms with van der Waals surface area (Å²) < 4.78 is 27.1. The maximum atomic E-state index is 12.4. The molecule has 126 valence electrons. The van der Waals surface area contributed by atoms with Gasteiger partial charge in [0.25, 0.3) is 5.69 Å². The summed E-state index contributed by atoms with van der Waals surface area (Å²) in [6.45, 7) is 2.08. The normalized spacial score (nSPS) is 12.5. The number of nitrogens with two attached hydrogens (primary N) is 1. The van der Waals surface area contributed by atoms with Gasteiger partial charge in [-0.25, -0.2) is 13.1 Å². The molecular weight excluding hydrogens is 353 g/mol. The van der Waals surface area contributed by atoms with Crippen LogP contribution in [0.1, 0.15) is 26.2 Å². The van der Waals surface area contributed by atoms with E-state index in [2.05, 4.69) is 4.72 Å². The first kappa shape index (κ1) is 21.1. The number of rotatable bonds is 8. The van der Waals surface area contributed by atoms with Gasteiger partial charge in [0.2, 0.25) is 10.0 Å². The molecule has 3 N–H and O–H groups in total. The lowest BCUT2D eigenvalue weighted by Crippen LogP contribution is -2.40. The molecule has 0 aliphatic rings. The molecule has 1 rings (SSSR count). The second-order valence-electron chi connectivity index (χ2n) is 4.54. The summed E-state index contributed by atoms with van der Waals surface area (Å²) >= 11 is 5.83. The Kier molecular flexibility index (Phi) is 8.87. The number of hydrogen-bond acceptors (Lipinski definition) is 5. The molecular formula is C12H19Cl2N3O4S. The maximum Gasteiger partial charge on any atom is 0.290 e. The minimum Gasteiger partial charge on any atom is -0.329 e. The van der Waals surface area contributed by atoms with E-state index in [0.717, 1.165) is 18.9 Å². The molecule has 0 radical (unpaired) electrons. The van der Waals surface area contributed by atoms with E-state index in [4.69, 9.17) is 17.3 Å². The largest absolute Gasteiger partial charge is 0.329 e. The number of unbranched alkanes of at least 4 members (excludes halogenated alkanes) is 1. The van der Waals surface area contributed by atoms with Crippen molar-refractivity contribution in [3.63, 3.8) is 0 Å². The first-order chi connectivity index (χ1) is 9.83. The summed E-state index contributed by atoms with van der Waals surface area (Å²) in [4.78, 5) is 9.68. The average molecular weight is 372 g/mol. The molecule has 0 aromatic heterocycles. The molecule has 7 nitrogen and oxygen atoms in total. The molecule has 0 aliphatic heterocycles. The molecule has 0 saturated carbocycles. The van der Waals surface area contributed by atoms with Crippen molar-refractivity contribution in [2.24, 2.45) is 5.73 Å². The predicted octanol–water partition coefficient (Wildman–Crippen LogP) is 2.47. The minimum atomic E-state index is -4.11. The number of nitrogens with one attached hydrogen (secondary N) is 1. The van der Waals surface area contributed by atoms with Crippen LogP contribution in [-0.2, 0) is 10.0 Å². The fourth-order valence-electron chi connectivity index (χ4n) is 1.86. The van der Waals surface area contributed by atoms with Crippen LogP contribution in [0.5, 0.6) is 0 Å². The van der Waals surface area contributed by atoms with Gasteiger partial charge >= 0.3 is 0 Å². The fourth-order valence-corrected chi connectivity index (χ4v) is 3.85. The van der Waals surface area contributed by atoms with Gasteiger partial charge < -0.3 is 5.73 Å². The maximum absolute atomic E-state index is 12.4. The predicted molar refractivity (Wildman–Crippen MR) is 88.0 cm³/mol. The van der Waals surface area contributed by atoms with Crippen LogP contribution in [-0.4, -0.2) is 25.9 Å². The number of halogens is 2. The highest BCUT2D eigenvalue weighted by molar-refractivity contribution is 7.89. The Morgan fingerprint density at radius 3 is 2.59 bits per heavy atom. The molecule has 0 saturated heterocycles. The third kappa shape index (κ3) is 5.36. The van der Waals surface area contributed by atoms with E-state index < -0.39 is 31.6 Å². The first-order valence-corrected chi connectivity index (χ1v) is 8.34. The van der Waals surface area contributed by atoms with Crippen molar-refractivity contribution in [3.8, 4) is 0 Å². The first-order valence-electron chi connectivity index (χ1n) is 6.48. The summed E-state index contributed by atoms with van der Waals surface area (Å²) in [6, 6.07) is 3.25. The van der Waals surface area contributed by atoms with E-state index in [-0.39, 0.29) is 24.0 Å². The van der Waals surface area contributed by atoms with Crippen LogP contribution in [0, 0.1) is 10.1 Å². The Morgan fingerprint density at radius 1 is 1.45 bits per heavy atom. The van der Waals surface area contributed by atoms with Gasteiger partial charge in [-0.3, -0.25) is 10.1 Å². The van der Waals surface area contributed by atoms with Crippen LogP contribution in [0.25, 0.3) is 0 Å². The smallest absolute Gasteiger partial charge is 0.290 e. The Hall–Kier alpha value is -0.930. The lowest BCUT2D eigenvalue weighted by Gasteiger charge is -2.17. The molecule has 1 unspecified atom stereocenters. The zero-order valence-electron chi connectivity index (χ0n) is 12.0. The SMILES string of the molecule is CCCCC(CN)NS(=O)(=O)c1c(Cl)cccc1[N+](=O)[O-].Cl. The van der Waals surface area contributed by atoms with Crippen LogP contribution in [0.2, 0.25) is 5.02 Å². The van der Waals surface area contributed by atoms with E-state index in [0.29, 0.717) is 6.42 Å². The molecule has 0 spiro atoms. The Labute approximate surface area is 140 Å². The monoisotopic (exact) mass is 371 g/mol. The fraction of sp³-hybridized carbons (Fsp3) is 0.500. The summed E-state index contributed by atoms with van der Waals surface area (Å²) in [5.41, 5.74) is 4.99. The van der Waals surface area contributed by atoms with Crippen molar-refractivity contribution < 1.29 is 13.3 Å². The molecule has 10 heteroatoms. The van der Waals surface area contributed by atoms with Gasteiger partial charge in [0.15, 0.2) is 4.90 Å². The topological polar surface area (TPSA) is 115 Å². The second kappa shape index (κ2) is 9.26. The molecule has 0 amide bonds. The Morgan fingerprint density at radius 2 is 2.09 bits per heavy atom.